The SMILES string of the molecule is Cc1cc(-n2ccnc2-c2ccc3n(c2=O)C[C@@H]2CNC[C@H]3C2)ccc1F.Cl.Cl. The maximum absolute atomic E-state index is 13.6. The van der Waals surface area contributed by atoms with Crippen molar-refractivity contribution in [2.45, 2.75) is 25.8 Å². The van der Waals surface area contributed by atoms with E-state index in [4.69, 9.17) is 0 Å². The quantitative estimate of drug-likeness (QED) is 0.666. The first kappa shape index (κ1) is 21.6. The van der Waals surface area contributed by atoms with Gasteiger partial charge in [0.2, 0.25) is 0 Å². The lowest BCUT2D eigenvalue weighted by Crippen LogP contribution is -2.45. The van der Waals surface area contributed by atoms with E-state index in [0.29, 0.717) is 28.8 Å². The Morgan fingerprint density at radius 2 is 2.00 bits per heavy atom. The van der Waals surface area contributed by atoms with Crippen LogP contribution in [0.5, 0.6) is 0 Å². The third kappa shape index (κ3) is 3.61. The normalized spacial score (nSPS) is 19.7. The number of halogens is 3. The van der Waals surface area contributed by atoms with Gasteiger partial charge in [-0.3, -0.25) is 9.36 Å². The van der Waals surface area contributed by atoms with Crippen LogP contribution in [0.1, 0.15) is 23.6 Å². The van der Waals surface area contributed by atoms with E-state index in [-0.39, 0.29) is 36.2 Å². The molecule has 0 saturated carbocycles. The second kappa shape index (κ2) is 8.30. The molecule has 5 nitrogen and oxygen atoms in total. The molecule has 1 N–H and O–H groups in total. The number of hydrogen-bond donors (Lipinski definition) is 1. The van der Waals surface area contributed by atoms with Gasteiger partial charge in [0, 0.05) is 42.8 Å². The Morgan fingerprint density at radius 3 is 2.79 bits per heavy atom. The molecular weight excluding hydrogens is 414 g/mol. The average molecular weight is 437 g/mol. The predicted octanol–water partition coefficient (Wildman–Crippen LogP) is 3.70. The summed E-state index contributed by atoms with van der Waals surface area (Å²) >= 11 is 0. The van der Waals surface area contributed by atoms with E-state index in [0.717, 1.165) is 37.4 Å². The Balaban J connectivity index is 0.00000120. The minimum absolute atomic E-state index is 0. The molecule has 5 rings (SSSR count). The van der Waals surface area contributed by atoms with Crippen molar-refractivity contribution in [3.63, 3.8) is 0 Å². The highest BCUT2D eigenvalue weighted by Crippen LogP contribution is 2.32. The zero-order valence-corrected chi connectivity index (χ0v) is 17.6. The monoisotopic (exact) mass is 436 g/mol. The lowest BCUT2D eigenvalue weighted by Gasteiger charge is -2.37. The van der Waals surface area contributed by atoms with Crippen LogP contribution in [-0.2, 0) is 6.54 Å². The predicted molar refractivity (Wildman–Crippen MR) is 116 cm³/mol. The third-order valence-electron chi connectivity index (χ3n) is 5.81. The number of piperidine rings is 1. The van der Waals surface area contributed by atoms with Crippen LogP contribution in [0.15, 0.2) is 47.5 Å². The van der Waals surface area contributed by atoms with E-state index in [1.807, 2.05) is 21.4 Å². The zero-order valence-electron chi connectivity index (χ0n) is 16.0. The van der Waals surface area contributed by atoms with Crippen LogP contribution < -0.4 is 10.9 Å². The van der Waals surface area contributed by atoms with E-state index >= 15 is 0 Å². The Kier molecular flexibility index (Phi) is 6.17. The van der Waals surface area contributed by atoms with Gasteiger partial charge in [-0.2, -0.15) is 0 Å². The molecule has 0 spiro atoms. The van der Waals surface area contributed by atoms with Crippen LogP contribution >= 0.6 is 24.8 Å². The van der Waals surface area contributed by atoms with E-state index in [2.05, 4.69) is 16.4 Å². The number of aryl methyl sites for hydroxylation is 1. The maximum Gasteiger partial charge on any atom is 0.261 e. The van der Waals surface area contributed by atoms with Gasteiger partial charge < -0.3 is 9.88 Å². The summed E-state index contributed by atoms with van der Waals surface area (Å²) in [5.74, 6) is 1.26. The van der Waals surface area contributed by atoms with Gasteiger partial charge in [0.05, 0.1) is 5.56 Å². The van der Waals surface area contributed by atoms with Crippen molar-refractivity contribution in [1.29, 1.82) is 0 Å². The molecule has 2 aliphatic rings. The van der Waals surface area contributed by atoms with Crippen molar-refractivity contribution in [2.75, 3.05) is 13.1 Å². The fourth-order valence-corrected chi connectivity index (χ4v) is 4.45. The number of hydrogen-bond acceptors (Lipinski definition) is 3. The first-order chi connectivity index (χ1) is 13.1. The molecule has 2 atom stereocenters. The van der Waals surface area contributed by atoms with E-state index in [1.54, 1.807) is 25.3 Å². The van der Waals surface area contributed by atoms with Crippen molar-refractivity contribution >= 4 is 24.8 Å². The molecule has 3 aromatic rings. The second-order valence-corrected chi connectivity index (χ2v) is 7.60. The molecule has 2 aliphatic heterocycles. The minimum atomic E-state index is -0.241. The topological polar surface area (TPSA) is 51.9 Å². The summed E-state index contributed by atoms with van der Waals surface area (Å²) in [6, 6.07) is 8.88. The first-order valence-electron chi connectivity index (χ1n) is 9.36. The highest BCUT2D eigenvalue weighted by molar-refractivity contribution is 5.85. The molecule has 0 radical (unpaired) electrons. The molecule has 1 saturated heterocycles. The number of nitrogens with zero attached hydrogens (tertiary/aromatic N) is 3. The van der Waals surface area contributed by atoms with E-state index in [9.17, 15) is 9.18 Å². The summed E-state index contributed by atoms with van der Waals surface area (Å²) in [6.07, 6.45) is 4.63. The second-order valence-electron chi connectivity index (χ2n) is 7.60. The van der Waals surface area contributed by atoms with Crippen LogP contribution in [0.4, 0.5) is 4.39 Å². The number of nitrogens with one attached hydrogen (secondary N) is 1. The molecule has 0 amide bonds. The minimum Gasteiger partial charge on any atom is -0.316 e. The molecule has 29 heavy (non-hydrogen) atoms. The summed E-state index contributed by atoms with van der Waals surface area (Å²) in [4.78, 5) is 17.7. The van der Waals surface area contributed by atoms with Crippen LogP contribution in [0, 0.1) is 18.7 Å². The lowest BCUT2D eigenvalue weighted by atomic mass is 9.84. The fraction of sp³-hybridized carbons (Fsp3) is 0.333. The standard InChI is InChI=1S/C21H21FN4O.2ClH/c1-13-8-16(2-4-18(13)22)25-7-6-24-20(25)17-3-5-19-15-9-14(10-23-11-15)12-26(19)21(17)27;;/h2-8,14-15,23H,9-12H2,1H3;2*1H/t14-,15+;;/m0../s1. The van der Waals surface area contributed by atoms with Gasteiger partial charge in [0.25, 0.3) is 5.56 Å². The zero-order chi connectivity index (χ0) is 18.5. The average Bonchev–Trinajstić information content (AvgIpc) is 3.15. The number of fused-ring (bicyclic) bond motifs is 4. The number of pyridine rings is 1. The maximum atomic E-state index is 13.6. The third-order valence-corrected chi connectivity index (χ3v) is 5.81. The van der Waals surface area contributed by atoms with Crippen molar-refractivity contribution in [3.8, 4) is 17.1 Å². The first-order valence-corrected chi connectivity index (χ1v) is 9.36. The van der Waals surface area contributed by atoms with Gasteiger partial charge in [-0.1, -0.05) is 0 Å². The van der Waals surface area contributed by atoms with Gasteiger partial charge in [-0.05, 0) is 61.7 Å². The van der Waals surface area contributed by atoms with Crippen molar-refractivity contribution in [3.05, 3.63) is 70.2 Å². The van der Waals surface area contributed by atoms with Crippen LogP contribution in [0.25, 0.3) is 17.1 Å². The number of benzene rings is 1. The number of rotatable bonds is 2. The number of aromatic nitrogens is 3. The molecule has 2 bridgehead atoms. The molecule has 8 heteroatoms. The Bertz CT molecular complexity index is 1090. The molecule has 4 heterocycles. The van der Waals surface area contributed by atoms with E-state index in [1.165, 1.54) is 6.07 Å². The highest BCUT2D eigenvalue weighted by Gasteiger charge is 2.31. The molecule has 0 aliphatic carbocycles. The fourth-order valence-electron chi connectivity index (χ4n) is 4.45. The summed E-state index contributed by atoms with van der Waals surface area (Å²) in [5.41, 5.74) is 3.07. The summed E-state index contributed by atoms with van der Waals surface area (Å²) in [5, 5.41) is 3.47. The Labute approximate surface area is 180 Å². The van der Waals surface area contributed by atoms with Gasteiger partial charge >= 0.3 is 0 Å². The smallest absolute Gasteiger partial charge is 0.261 e. The van der Waals surface area contributed by atoms with Gasteiger partial charge in [-0.25, -0.2) is 9.37 Å². The molecule has 154 valence electrons. The molecule has 0 unspecified atom stereocenters. The largest absolute Gasteiger partial charge is 0.316 e. The highest BCUT2D eigenvalue weighted by atomic mass is 35.5. The summed E-state index contributed by atoms with van der Waals surface area (Å²) in [6.45, 7) is 4.38. The Morgan fingerprint density at radius 1 is 1.17 bits per heavy atom. The summed E-state index contributed by atoms with van der Waals surface area (Å²) in [7, 11) is 0. The van der Waals surface area contributed by atoms with Crippen molar-refractivity contribution < 1.29 is 4.39 Å². The summed E-state index contributed by atoms with van der Waals surface area (Å²) < 4.78 is 17.4. The molecule has 2 aromatic heterocycles. The van der Waals surface area contributed by atoms with E-state index < -0.39 is 0 Å². The Hall–Kier alpha value is -2.15. The van der Waals surface area contributed by atoms with Crippen LogP contribution in [0.3, 0.4) is 0 Å². The lowest BCUT2D eigenvalue weighted by molar-refractivity contribution is 0.257. The van der Waals surface area contributed by atoms with Crippen LogP contribution in [0.2, 0.25) is 0 Å². The van der Waals surface area contributed by atoms with Gasteiger partial charge in [-0.15, -0.1) is 24.8 Å². The van der Waals surface area contributed by atoms with Crippen molar-refractivity contribution in [1.82, 2.24) is 19.4 Å². The molecule has 1 aromatic carbocycles. The van der Waals surface area contributed by atoms with Gasteiger partial charge in [0.1, 0.15) is 11.6 Å². The van der Waals surface area contributed by atoms with Gasteiger partial charge in [0.15, 0.2) is 0 Å². The van der Waals surface area contributed by atoms with Crippen LogP contribution in [-0.4, -0.2) is 27.2 Å². The molecular formula is C21H23Cl2FN4O. The number of imidazole rings is 1. The molecule has 1 fully saturated rings. The van der Waals surface area contributed by atoms with Crippen molar-refractivity contribution in [2.24, 2.45) is 5.92 Å².